The quantitative estimate of drug-likeness (QED) is 0.346. The third kappa shape index (κ3) is 5.41. The Kier molecular flexibility index (Phi) is 6.81. The molecule has 38 heavy (non-hydrogen) atoms. The molecule has 1 saturated heterocycles. The largest absolute Gasteiger partial charge is 0.365 e. The van der Waals surface area contributed by atoms with Crippen molar-refractivity contribution >= 4 is 22.9 Å². The Bertz CT molecular complexity index is 1400. The molecule has 6 rings (SSSR count). The molecule has 4 aromatic rings. The van der Waals surface area contributed by atoms with Gasteiger partial charge < -0.3 is 15.2 Å². The number of nitrogens with one attached hydrogen (secondary N) is 2. The van der Waals surface area contributed by atoms with Gasteiger partial charge in [-0.15, -0.1) is 0 Å². The van der Waals surface area contributed by atoms with Crippen molar-refractivity contribution in [3.8, 4) is 11.4 Å². The fourth-order valence-corrected chi connectivity index (χ4v) is 5.06. The van der Waals surface area contributed by atoms with Crippen LogP contribution in [0.2, 0.25) is 0 Å². The zero-order valence-corrected chi connectivity index (χ0v) is 22.1. The lowest BCUT2D eigenvalue weighted by atomic mass is 10.0. The summed E-state index contributed by atoms with van der Waals surface area (Å²) in [5.74, 6) is 1.40. The number of hydrogen-bond acceptors (Lipinski definition) is 6. The molecule has 0 radical (unpaired) electrons. The number of carbonyl (C=O) groups excluding carboxylic acids is 1. The summed E-state index contributed by atoms with van der Waals surface area (Å²) in [6.07, 6.45) is 6.09. The number of amides is 1. The van der Waals surface area contributed by atoms with Crippen molar-refractivity contribution in [3.63, 3.8) is 0 Å². The third-order valence-corrected chi connectivity index (χ3v) is 7.47. The lowest BCUT2D eigenvalue weighted by Gasteiger charge is -2.32. The van der Waals surface area contributed by atoms with E-state index in [0.29, 0.717) is 23.5 Å². The summed E-state index contributed by atoms with van der Waals surface area (Å²) in [6, 6.07) is 19.1. The molecule has 8 nitrogen and oxygen atoms in total. The number of likely N-dealkylation sites (tertiary alicyclic amines) is 1. The molecule has 8 heteroatoms. The van der Waals surface area contributed by atoms with Gasteiger partial charge in [0.05, 0.1) is 6.33 Å². The average Bonchev–Trinajstić information content (AvgIpc) is 3.64. The molecular formula is C30H35N7O. The topological polar surface area (TPSA) is 88.0 Å². The molecule has 1 aliphatic carbocycles. The number of imidazole rings is 1. The van der Waals surface area contributed by atoms with E-state index >= 15 is 0 Å². The Balaban J connectivity index is 1.22. The maximum atomic E-state index is 12.4. The molecule has 196 valence electrons. The van der Waals surface area contributed by atoms with E-state index in [0.717, 1.165) is 67.9 Å². The van der Waals surface area contributed by atoms with E-state index in [1.54, 1.807) is 0 Å². The minimum absolute atomic E-state index is 0.0192. The summed E-state index contributed by atoms with van der Waals surface area (Å²) in [5.41, 5.74) is 4.53. The highest BCUT2D eigenvalue weighted by atomic mass is 16.1. The smallest absolute Gasteiger partial charge is 0.251 e. The molecule has 2 aliphatic rings. The summed E-state index contributed by atoms with van der Waals surface area (Å²) in [4.78, 5) is 29.5. The first-order valence-corrected chi connectivity index (χ1v) is 13.7. The van der Waals surface area contributed by atoms with E-state index in [4.69, 9.17) is 15.0 Å². The van der Waals surface area contributed by atoms with Crippen LogP contribution in [0.25, 0.3) is 22.6 Å². The minimum atomic E-state index is -0.0192. The van der Waals surface area contributed by atoms with Gasteiger partial charge >= 0.3 is 0 Å². The molecule has 2 fully saturated rings. The van der Waals surface area contributed by atoms with Crippen LogP contribution in [0.1, 0.15) is 61.5 Å². The van der Waals surface area contributed by atoms with Crippen molar-refractivity contribution in [3.05, 3.63) is 72.1 Å². The van der Waals surface area contributed by atoms with Crippen LogP contribution in [0.5, 0.6) is 0 Å². The predicted molar refractivity (Wildman–Crippen MR) is 150 cm³/mol. The van der Waals surface area contributed by atoms with Crippen LogP contribution in [-0.4, -0.2) is 55.5 Å². The first-order chi connectivity index (χ1) is 18.5. The fraction of sp³-hybridized carbons (Fsp3) is 0.400. The Labute approximate surface area is 223 Å². The zero-order chi connectivity index (χ0) is 26.1. The Hall–Kier alpha value is -3.78. The highest BCUT2D eigenvalue weighted by Crippen LogP contribution is 2.28. The molecule has 2 aromatic carbocycles. The van der Waals surface area contributed by atoms with Crippen LogP contribution in [-0.2, 0) is 6.54 Å². The highest BCUT2D eigenvalue weighted by molar-refractivity contribution is 5.95. The Morgan fingerprint density at radius 2 is 1.68 bits per heavy atom. The maximum Gasteiger partial charge on any atom is 0.251 e. The summed E-state index contributed by atoms with van der Waals surface area (Å²) in [6.45, 7) is 7.33. The summed E-state index contributed by atoms with van der Waals surface area (Å²) < 4.78 is 2.09. The molecule has 0 unspecified atom stereocenters. The molecule has 1 aliphatic heterocycles. The molecule has 0 bridgehead atoms. The van der Waals surface area contributed by atoms with Crippen LogP contribution in [0.3, 0.4) is 0 Å². The highest BCUT2D eigenvalue weighted by Gasteiger charge is 2.25. The number of aromatic nitrogens is 4. The number of rotatable bonds is 8. The molecule has 2 aromatic heterocycles. The van der Waals surface area contributed by atoms with Gasteiger partial charge in [0.2, 0.25) is 0 Å². The van der Waals surface area contributed by atoms with E-state index in [2.05, 4.69) is 64.3 Å². The monoisotopic (exact) mass is 509 g/mol. The van der Waals surface area contributed by atoms with Crippen molar-refractivity contribution in [2.24, 2.45) is 0 Å². The average molecular weight is 510 g/mol. The first-order valence-electron chi connectivity index (χ1n) is 13.7. The van der Waals surface area contributed by atoms with Gasteiger partial charge in [-0.05, 0) is 57.2 Å². The van der Waals surface area contributed by atoms with Gasteiger partial charge in [-0.2, -0.15) is 0 Å². The van der Waals surface area contributed by atoms with Gasteiger partial charge in [0, 0.05) is 48.9 Å². The van der Waals surface area contributed by atoms with E-state index in [1.807, 2.05) is 30.6 Å². The first kappa shape index (κ1) is 24.6. The second kappa shape index (κ2) is 10.5. The van der Waals surface area contributed by atoms with E-state index in [9.17, 15) is 4.79 Å². The van der Waals surface area contributed by atoms with Crippen molar-refractivity contribution in [1.82, 2.24) is 29.7 Å². The zero-order valence-electron chi connectivity index (χ0n) is 22.1. The van der Waals surface area contributed by atoms with Gasteiger partial charge in [-0.25, -0.2) is 15.0 Å². The molecule has 1 saturated carbocycles. The summed E-state index contributed by atoms with van der Waals surface area (Å²) >= 11 is 0. The van der Waals surface area contributed by atoms with Crippen LogP contribution in [0.15, 0.2) is 60.9 Å². The van der Waals surface area contributed by atoms with Gasteiger partial charge in [-0.3, -0.25) is 9.69 Å². The minimum Gasteiger partial charge on any atom is -0.365 e. The van der Waals surface area contributed by atoms with E-state index in [-0.39, 0.29) is 11.9 Å². The van der Waals surface area contributed by atoms with E-state index in [1.165, 1.54) is 5.56 Å². The predicted octanol–water partition coefficient (Wildman–Crippen LogP) is 5.04. The van der Waals surface area contributed by atoms with E-state index < -0.39 is 0 Å². The van der Waals surface area contributed by atoms with Crippen molar-refractivity contribution in [1.29, 1.82) is 0 Å². The van der Waals surface area contributed by atoms with Crippen LogP contribution in [0.4, 0.5) is 5.82 Å². The second-order valence-electron chi connectivity index (χ2n) is 10.8. The number of anilines is 1. The normalized spacial score (nSPS) is 16.7. The van der Waals surface area contributed by atoms with Crippen LogP contribution >= 0.6 is 0 Å². The SMILES string of the molecule is CC(C)n1cnc2c(NC3CCN(Cc4ccccc4)CC3)nc(-c3ccc(C(=O)NC4CC4)cc3)nc21. The Morgan fingerprint density at radius 1 is 0.947 bits per heavy atom. The van der Waals surface area contributed by atoms with Gasteiger partial charge in [0.15, 0.2) is 17.3 Å². The summed E-state index contributed by atoms with van der Waals surface area (Å²) in [7, 11) is 0. The second-order valence-corrected chi connectivity index (χ2v) is 10.8. The lowest BCUT2D eigenvalue weighted by Crippen LogP contribution is -2.38. The number of hydrogen-bond donors (Lipinski definition) is 2. The van der Waals surface area contributed by atoms with Gasteiger partial charge in [0.1, 0.15) is 5.52 Å². The molecule has 1 amide bonds. The number of benzene rings is 2. The van der Waals surface area contributed by atoms with Crippen molar-refractivity contribution in [2.45, 2.75) is 64.2 Å². The number of carbonyl (C=O) groups is 1. The fourth-order valence-electron chi connectivity index (χ4n) is 5.06. The van der Waals surface area contributed by atoms with Gasteiger partial charge in [-0.1, -0.05) is 42.5 Å². The number of piperidine rings is 1. The standard InChI is InChI=1S/C30H35N7O/c1-20(2)37-19-31-26-28(32-25-14-16-36(17-15-25)18-21-6-4-3-5-7-21)34-27(35-29(26)37)22-8-10-23(11-9-22)30(38)33-24-12-13-24/h3-11,19-20,24-25H,12-18H2,1-2H3,(H,33,38)(H,32,34,35). The molecule has 3 heterocycles. The summed E-state index contributed by atoms with van der Waals surface area (Å²) in [5, 5.41) is 6.76. The Morgan fingerprint density at radius 3 is 2.37 bits per heavy atom. The number of nitrogens with zero attached hydrogens (tertiary/aromatic N) is 5. The molecular weight excluding hydrogens is 474 g/mol. The lowest BCUT2D eigenvalue weighted by molar-refractivity contribution is 0.0951. The van der Waals surface area contributed by atoms with Gasteiger partial charge in [0.25, 0.3) is 5.91 Å². The molecule has 2 N–H and O–H groups in total. The van der Waals surface area contributed by atoms with Crippen molar-refractivity contribution in [2.75, 3.05) is 18.4 Å². The molecule has 0 atom stereocenters. The molecule has 0 spiro atoms. The number of fused-ring (bicyclic) bond motifs is 1. The maximum absolute atomic E-state index is 12.4. The van der Waals surface area contributed by atoms with Crippen LogP contribution < -0.4 is 10.6 Å². The van der Waals surface area contributed by atoms with Crippen molar-refractivity contribution < 1.29 is 4.79 Å². The van der Waals surface area contributed by atoms with Crippen LogP contribution in [0, 0.1) is 0 Å². The third-order valence-electron chi connectivity index (χ3n) is 7.47.